The maximum absolute atomic E-state index is 11.7. The third-order valence-electron chi connectivity index (χ3n) is 3.37. The highest BCUT2D eigenvalue weighted by Gasteiger charge is 2.52. The van der Waals surface area contributed by atoms with Crippen molar-refractivity contribution in [3.8, 4) is 0 Å². The molecule has 1 aliphatic carbocycles. The van der Waals surface area contributed by atoms with Crippen molar-refractivity contribution >= 4 is 12.1 Å². The lowest BCUT2D eigenvalue weighted by molar-refractivity contribution is -0.144. The Morgan fingerprint density at radius 2 is 2.25 bits per heavy atom. The van der Waals surface area contributed by atoms with E-state index >= 15 is 0 Å². The highest BCUT2D eigenvalue weighted by molar-refractivity contribution is 5.81. The molecule has 16 heavy (non-hydrogen) atoms. The number of likely N-dealkylation sites (tertiary alicyclic amines) is 1. The molecular weight excluding hydrogens is 210 g/mol. The van der Waals surface area contributed by atoms with Crippen molar-refractivity contribution in [2.24, 2.45) is 5.92 Å². The number of piperidine rings is 1. The molecule has 88 valence electrons. The first-order valence-corrected chi connectivity index (χ1v) is 5.44. The lowest BCUT2D eigenvalue weighted by atomic mass is 9.99. The number of carbonyl (C=O) groups is 2. The number of carbonyl (C=O) groups excluding carboxylic acids is 1. The summed E-state index contributed by atoms with van der Waals surface area (Å²) < 4.78 is 4.91. The Labute approximate surface area is 93.7 Å². The lowest BCUT2D eigenvalue weighted by Gasteiger charge is -2.31. The van der Waals surface area contributed by atoms with Gasteiger partial charge in [0.05, 0.1) is 0 Å². The van der Waals surface area contributed by atoms with E-state index in [1.54, 1.807) is 0 Å². The predicted molar refractivity (Wildman–Crippen MR) is 55.9 cm³/mol. The molecule has 1 heterocycles. The number of carboxylic acids is 1. The van der Waals surface area contributed by atoms with Gasteiger partial charge >= 0.3 is 12.1 Å². The number of rotatable bonds is 3. The molecule has 0 aromatic rings. The number of carboxylic acid groups (broad SMARTS) is 1. The van der Waals surface area contributed by atoms with E-state index in [1.165, 1.54) is 11.0 Å². The molecule has 0 aromatic heterocycles. The maximum atomic E-state index is 11.7. The number of amides is 1. The number of nitrogens with zero attached hydrogens (tertiary/aromatic N) is 1. The molecule has 2 fully saturated rings. The summed E-state index contributed by atoms with van der Waals surface area (Å²) in [7, 11) is 0. The van der Waals surface area contributed by atoms with Crippen molar-refractivity contribution < 1.29 is 19.4 Å². The zero-order valence-electron chi connectivity index (χ0n) is 8.96. The summed E-state index contributed by atoms with van der Waals surface area (Å²) in [4.78, 5) is 24.2. The Morgan fingerprint density at radius 1 is 1.50 bits per heavy atom. The first kappa shape index (κ1) is 11.0. The van der Waals surface area contributed by atoms with Gasteiger partial charge in [-0.1, -0.05) is 12.7 Å². The molecule has 2 bridgehead atoms. The van der Waals surface area contributed by atoms with Crippen LogP contribution in [0.5, 0.6) is 0 Å². The molecule has 0 spiro atoms. The highest BCUT2D eigenvalue weighted by atomic mass is 16.6. The minimum Gasteiger partial charge on any atom is -0.480 e. The van der Waals surface area contributed by atoms with E-state index in [0.29, 0.717) is 0 Å². The number of hydrogen-bond donors (Lipinski definition) is 1. The molecule has 0 radical (unpaired) electrons. The maximum Gasteiger partial charge on any atom is 0.411 e. The van der Waals surface area contributed by atoms with Gasteiger partial charge in [0.1, 0.15) is 12.6 Å². The number of fused-ring (bicyclic) bond motifs is 2. The van der Waals surface area contributed by atoms with Crippen molar-refractivity contribution in [3.63, 3.8) is 0 Å². The lowest BCUT2D eigenvalue weighted by Crippen LogP contribution is -2.49. The van der Waals surface area contributed by atoms with Crippen LogP contribution in [0.1, 0.15) is 19.3 Å². The van der Waals surface area contributed by atoms with E-state index in [4.69, 9.17) is 9.84 Å². The molecule has 1 amide bonds. The molecule has 1 N–H and O–H groups in total. The van der Waals surface area contributed by atoms with Gasteiger partial charge in [-0.05, 0) is 25.2 Å². The Kier molecular flexibility index (Phi) is 2.85. The molecule has 1 saturated carbocycles. The van der Waals surface area contributed by atoms with Gasteiger partial charge in [0.25, 0.3) is 0 Å². The minimum atomic E-state index is -0.928. The average molecular weight is 225 g/mol. The summed E-state index contributed by atoms with van der Waals surface area (Å²) in [6.45, 7) is 3.57. The van der Waals surface area contributed by atoms with Crippen molar-refractivity contribution in [1.82, 2.24) is 4.90 Å². The van der Waals surface area contributed by atoms with E-state index in [0.717, 1.165) is 19.3 Å². The second kappa shape index (κ2) is 4.15. The Morgan fingerprint density at radius 3 is 2.88 bits per heavy atom. The van der Waals surface area contributed by atoms with Crippen LogP contribution in [0, 0.1) is 5.92 Å². The van der Waals surface area contributed by atoms with Crippen LogP contribution in [0.2, 0.25) is 0 Å². The van der Waals surface area contributed by atoms with Crippen molar-refractivity contribution in [1.29, 1.82) is 0 Å². The molecule has 3 unspecified atom stereocenters. The quantitative estimate of drug-likeness (QED) is 0.734. The fourth-order valence-electron chi connectivity index (χ4n) is 2.77. The van der Waals surface area contributed by atoms with Crippen LogP contribution in [-0.4, -0.2) is 40.8 Å². The summed E-state index contributed by atoms with van der Waals surface area (Å²) in [6.07, 6.45) is 3.52. The summed E-state index contributed by atoms with van der Waals surface area (Å²) >= 11 is 0. The van der Waals surface area contributed by atoms with Crippen LogP contribution in [-0.2, 0) is 9.53 Å². The number of hydrogen-bond acceptors (Lipinski definition) is 3. The third-order valence-corrected chi connectivity index (χ3v) is 3.37. The highest BCUT2D eigenvalue weighted by Crippen LogP contribution is 2.42. The van der Waals surface area contributed by atoms with Crippen LogP contribution < -0.4 is 0 Å². The van der Waals surface area contributed by atoms with Crippen molar-refractivity contribution in [2.45, 2.75) is 31.3 Å². The van der Waals surface area contributed by atoms with Crippen LogP contribution in [0.4, 0.5) is 4.79 Å². The summed E-state index contributed by atoms with van der Waals surface area (Å²) in [5.41, 5.74) is 0. The molecule has 5 nitrogen and oxygen atoms in total. The van der Waals surface area contributed by atoms with E-state index in [-0.39, 0.29) is 18.6 Å². The predicted octanol–water partition coefficient (Wildman–Crippen LogP) is 1.25. The topological polar surface area (TPSA) is 66.8 Å². The van der Waals surface area contributed by atoms with E-state index in [9.17, 15) is 9.59 Å². The minimum absolute atomic E-state index is 0.0448. The van der Waals surface area contributed by atoms with Crippen LogP contribution in [0.25, 0.3) is 0 Å². The van der Waals surface area contributed by atoms with Crippen molar-refractivity contribution in [2.75, 3.05) is 6.61 Å². The molecular formula is C11H15NO4. The summed E-state index contributed by atoms with van der Waals surface area (Å²) in [5.74, 6) is -0.832. The fourth-order valence-corrected chi connectivity index (χ4v) is 2.77. The van der Waals surface area contributed by atoms with Crippen LogP contribution >= 0.6 is 0 Å². The number of ether oxygens (including phenoxy) is 1. The van der Waals surface area contributed by atoms with Gasteiger partial charge in [-0.2, -0.15) is 0 Å². The Hall–Kier alpha value is -1.52. The van der Waals surface area contributed by atoms with Crippen molar-refractivity contribution in [3.05, 3.63) is 12.7 Å². The summed E-state index contributed by atoms with van der Waals surface area (Å²) in [5, 5.41) is 9.11. The van der Waals surface area contributed by atoms with Gasteiger partial charge in [-0.3, -0.25) is 4.90 Å². The smallest absolute Gasteiger partial charge is 0.411 e. The largest absolute Gasteiger partial charge is 0.480 e. The zero-order valence-corrected chi connectivity index (χ0v) is 8.96. The normalized spacial score (nSPS) is 31.5. The standard InChI is InChI=1S/C11H15NO4/c1-2-5-16-11(15)12-8-4-3-7(6-8)9(12)10(13)14/h2,7-9H,1,3-6H2,(H,13,14). The molecule has 1 saturated heterocycles. The average Bonchev–Trinajstić information content (AvgIpc) is 2.84. The summed E-state index contributed by atoms with van der Waals surface area (Å²) in [6, 6.07) is -0.653. The second-order valence-electron chi connectivity index (χ2n) is 4.28. The number of aliphatic carboxylic acids is 1. The zero-order chi connectivity index (χ0) is 11.7. The van der Waals surface area contributed by atoms with E-state index in [1.807, 2.05) is 0 Å². The first-order chi connectivity index (χ1) is 7.65. The van der Waals surface area contributed by atoms with Gasteiger partial charge < -0.3 is 9.84 Å². The van der Waals surface area contributed by atoms with Gasteiger partial charge in [-0.15, -0.1) is 0 Å². The van der Waals surface area contributed by atoms with E-state index < -0.39 is 18.1 Å². The monoisotopic (exact) mass is 225 g/mol. The SMILES string of the molecule is C=CCOC(=O)N1C2CCC(C2)C1C(=O)O. The Bertz CT molecular complexity index is 328. The fraction of sp³-hybridized carbons (Fsp3) is 0.636. The van der Waals surface area contributed by atoms with Crippen LogP contribution in [0.3, 0.4) is 0 Å². The van der Waals surface area contributed by atoms with Gasteiger partial charge in [0.15, 0.2) is 0 Å². The van der Waals surface area contributed by atoms with E-state index in [2.05, 4.69) is 6.58 Å². The Balaban J connectivity index is 2.09. The third kappa shape index (κ3) is 1.66. The molecule has 5 heteroatoms. The van der Waals surface area contributed by atoms with Gasteiger partial charge in [0.2, 0.25) is 0 Å². The molecule has 2 rings (SSSR count). The molecule has 3 atom stereocenters. The second-order valence-corrected chi connectivity index (χ2v) is 4.28. The van der Waals surface area contributed by atoms with Crippen LogP contribution in [0.15, 0.2) is 12.7 Å². The van der Waals surface area contributed by atoms with Gasteiger partial charge in [-0.25, -0.2) is 9.59 Å². The first-order valence-electron chi connectivity index (χ1n) is 5.44. The molecule has 0 aromatic carbocycles. The molecule has 2 aliphatic rings. The molecule has 1 aliphatic heterocycles. The van der Waals surface area contributed by atoms with Gasteiger partial charge in [0, 0.05) is 6.04 Å².